The van der Waals surface area contributed by atoms with Crippen molar-refractivity contribution in [3.8, 4) is 17.2 Å². The molecular formula is C33H37ClN2O4. The molecule has 5 rings (SSSR count). The Morgan fingerprint density at radius 1 is 1.00 bits per heavy atom. The molecule has 0 spiro atoms. The van der Waals surface area contributed by atoms with Gasteiger partial charge in [0.1, 0.15) is 30.5 Å². The van der Waals surface area contributed by atoms with Gasteiger partial charge >= 0.3 is 0 Å². The molecule has 1 aliphatic heterocycles. The lowest BCUT2D eigenvalue weighted by molar-refractivity contribution is -0.118. The van der Waals surface area contributed by atoms with Gasteiger partial charge in [-0.1, -0.05) is 35.9 Å². The number of hydrogen-bond donors (Lipinski definition) is 2. The molecule has 0 radical (unpaired) electrons. The van der Waals surface area contributed by atoms with Gasteiger partial charge in [-0.05, 0) is 110 Å². The quantitative estimate of drug-likeness (QED) is 0.264. The van der Waals surface area contributed by atoms with Crippen LogP contribution in [0.2, 0.25) is 5.02 Å². The van der Waals surface area contributed by atoms with E-state index in [4.69, 9.17) is 25.8 Å². The summed E-state index contributed by atoms with van der Waals surface area (Å²) in [5.41, 5.74) is 6.29. The van der Waals surface area contributed by atoms with E-state index in [2.05, 4.69) is 16.7 Å². The van der Waals surface area contributed by atoms with Crippen LogP contribution in [0.5, 0.6) is 17.2 Å². The smallest absolute Gasteiger partial charge is 0.249 e. The highest BCUT2D eigenvalue weighted by Crippen LogP contribution is 2.42. The average molecular weight is 561 g/mol. The maximum absolute atomic E-state index is 13.6. The van der Waals surface area contributed by atoms with Crippen molar-refractivity contribution in [2.24, 2.45) is 5.92 Å². The lowest BCUT2D eigenvalue weighted by atomic mass is 9.93. The van der Waals surface area contributed by atoms with E-state index in [0.29, 0.717) is 36.4 Å². The molecular weight excluding hydrogens is 524 g/mol. The van der Waals surface area contributed by atoms with Crippen molar-refractivity contribution < 1.29 is 19.0 Å². The third-order valence-electron chi connectivity index (χ3n) is 7.69. The molecule has 2 aliphatic rings. The minimum atomic E-state index is -0.0185. The second-order valence-corrected chi connectivity index (χ2v) is 10.9. The van der Waals surface area contributed by atoms with Crippen LogP contribution >= 0.6 is 11.6 Å². The summed E-state index contributed by atoms with van der Waals surface area (Å²) in [7, 11) is 1.67. The molecule has 1 unspecified atom stereocenters. The van der Waals surface area contributed by atoms with E-state index in [-0.39, 0.29) is 11.9 Å². The molecule has 1 aliphatic carbocycles. The number of nitrogens with one attached hydrogen (secondary N) is 2. The Bertz CT molecular complexity index is 1380. The number of halogens is 1. The van der Waals surface area contributed by atoms with Crippen molar-refractivity contribution in [1.82, 2.24) is 10.6 Å². The van der Waals surface area contributed by atoms with Crippen LogP contribution in [0, 0.1) is 19.8 Å². The third kappa shape index (κ3) is 6.80. The van der Waals surface area contributed by atoms with E-state index in [1.807, 2.05) is 68.4 Å². The zero-order valence-corrected chi connectivity index (χ0v) is 24.1. The van der Waals surface area contributed by atoms with Gasteiger partial charge in [-0.15, -0.1) is 0 Å². The van der Waals surface area contributed by atoms with Crippen LogP contribution in [0.3, 0.4) is 0 Å². The highest BCUT2D eigenvalue weighted by atomic mass is 35.5. The first-order chi connectivity index (χ1) is 19.4. The van der Waals surface area contributed by atoms with Crippen LogP contribution in [0.4, 0.5) is 0 Å². The minimum absolute atomic E-state index is 0.00982. The first kappa shape index (κ1) is 28.1. The number of aryl methyl sites for hydroxylation is 2. The molecule has 1 heterocycles. The topological polar surface area (TPSA) is 68.8 Å². The molecule has 1 fully saturated rings. The molecule has 1 saturated carbocycles. The van der Waals surface area contributed by atoms with Crippen molar-refractivity contribution in [1.29, 1.82) is 0 Å². The van der Waals surface area contributed by atoms with Gasteiger partial charge in [0.2, 0.25) is 5.91 Å². The molecule has 1 amide bonds. The molecule has 6 nitrogen and oxygen atoms in total. The van der Waals surface area contributed by atoms with E-state index < -0.39 is 0 Å². The summed E-state index contributed by atoms with van der Waals surface area (Å²) in [6.07, 6.45) is 3.04. The van der Waals surface area contributed by atoms with Gasteiger partial charge in [0.15, 0.2) is 0 Å². The summed E-state index contributed by atoms with van der Waals surface area (Å²) in [6.45, 7) is 6.24. The highest BCUT2D eigenvalue weighted by molar-refractivity contribution is 6.32. The molecule has 1 atom stereocenters. The first-order valence-electron chi connectivity index (χ1n) is 13.9. The predicted molar refractivity (Wildman–Crippen MR) is 159 cm³/mol. The molecule has 0 aromatic heterocycles. The molecule has 210 valence electrons. The van der Waals surface area contributed by atoms with Crippen LogP contribution in [0.1, 0.15) is 47.6 Å². The average Bonchev–Trinajstić information content (AvgIpc) is 3.82. The molecule has 40 heavy (non-hydrogen) atoms. The van der Waals surface area contributed by atoms with Crippen LogP contribution in [-0.2, 0) is 4.79 Å². The second kappa shape index (κ2) is 12.8. The van der Waals surface area contributed by atoms with Gasteiger partial charge in [-0.2, -0.15) is 0 Å². The summed E-state index contributed by atoms with van der Waals surface area (Å²) in [4.78, 5) is 13.6. The maximum Gasteiger partial charge on any atom is 0.249 e. The van der Waals surface area contributed by atoms with Crippen LogP contribution in [0.25, 0.3) is 5.57 Å². The predicted octanol–water partition coefficient (Wildman–Crippen LogP) is 6.44. The normalized spacial score (nSPS) is 15.9. The fraction of sp³-hybridized carbons (Fsp3) is 0.364. The number of carbonyl (C=O) groups is 1. The Labute approximate surface area is 241 Å². The van der Waals surface area contributed by atoms with E-state index in [1.165, 1.54) is 0 Å². The number of benzene rings is 3. The van der Waals surface area contributed by atoms with Crippen LogP contribution in [-0.4, -0.2) is 39.3 Å². The molecule has 3 aromatic rings. The summed E-state index contributed by atoms with van der Waals surface area (Å²) in [5.74, 6) is 2.68. The van der Waals surface area contributed by atoms with Gasteiger partial charge in [0.05, 0.1) is 18.2 Å². The van der Waals surface area contributed by atoms with Crippen LogP contribution < -0.4 is 24.8 Å². The number of ether oxygens (including phenoxy) is 3. The second-order valence-electron chi connectivity index (χ2n) is 10.5. The minimum Gasteiger partial charge on any atom is -0.497 e. The summed E-state index contributed by atoms with van der Waals surface area (Å²) < 4.78 is 17.2. The first-order valence-corrected chi connectivity index (χ1v) is 14.3. The summed E-state index contributed by atoms with van der Waals surface area (Å²) >= 11 is 6.30. The van der Waals surface area contributed by atoms with Crippen molar-refractivity contribution in [3.63, 3.8) is 0 Å². The summed E-state index contributed by atoms with van der Waals surface area (Å²) in [6, 6.07) is 19.8. The number of methoxy groups -OCH3 is 1. The maximum atomic E-state index is 13.6. The Kier molecular flexibility index (Phi) is 8.98. The van der Waals surface area contributed by atoms with Gasteiger partial charge in [0.25, 0.3) is 0 Å². The number of hydrogen-bond acceptors (Lipinski definition) is 5. The van der Waals surface area contributed by atoms with Gasteiger partial charge < -0.3 is 24.8 Å². The Morgan fingerprint density at radius 2 is 1.75 bits per heavy atom. The van der Waals surface area contributed by atoms with E-state index in [9.17, 15) is 4.79 Å². The lowest BCUT2D eigenvalue weighted by Gasteiger charge is -2.25. The molecule has 0 saturated heterocycles. The van der Waals surface area contributed by atoms with Gasteiger partial charge in [-0.25, -0.2) is 0 Å². The van der Waals surface area contributed by atoms with Crippen molar-refractivity contribution in [3.05, 3.63) is 93.5 Å². The van der Waals surface area contributed by atoms with Crippen molar-refractivity contribution in [2.45, 2.75) is 39.2 Å². The number of carbonyl (C=O) groups excluding carboxylic acids is 1. The summed E-state index contributed by atoms with van der Waals surface area (Å²) in [5, 5.41) is 7.33. The molecule has 0 bridgehead atoms. The zero-order chi connectivity index (χ0) is 28.1. The van der Waals surface area contributed by atoms with Gasteiger partial charge in [-0.3, -0.25) is 4.79 Å². The Morgan fingerprint density at radius 3 is 2.50 bits per heavy atom. The number of rotatable bonds is 11. The molecule has 2 N–H and O–H groups in total. The standard InChI is InChI=1S/C33H37ClN2O4/c1-21-17-30(34)31(18-22(21)2)40-16-15-39-26-11-9-23(10-12-26)28-13-14-35-20-29(28)33(37)36-32(24-7-8-24)25-5-4-6-27(19-25)38-3/h4-6,9-12,17-19,24,32,35H,7-8,13-16,20H2,1-3H3,(H,36,37). The van der Waals surface area contributed by atoms with Crippen LogP contribution in [0.15, 0.2) is 66.2 Å². The highest BCUT2D eigenvalue weighted by Gasteiger charge is 2.34. The van der Waals surface area contributed by atoms with Crippen molar-refractivity contribution >= 4 is 23.1 Å². The molecule has 3 aromatic carbocycles. The van der Waals surface area contributed by atoms with E-state index >= 15 is 0 Å². The largest absolute Gasteiger partial charge is 0.497 e. The van der Waals surface area contributed by atoms with E-state index in [1.54, 1.807) is 7.11 Å². The van der Waals surface area contributed by atoms with E-state index in [0.717, 1.165) is 70.7 Å². The fourth-order valence-corrected chi connectivity index (χ4v) is 5.39. The third-order valence-corrected chi connectivity index (χ3v) is 7.98. The Hall–Kier alpha value is -3.48. The fourth-order valence-electron chi connectivity index (χ4n) is 5.12. The SMILES string of the molecule is COc1cccc(C(NC(=O)C2=C(c3ccc(OCCOc4cc(C)c(C)cc4Cl)cc3)CCNC2)C2CC2)c1. The zero-order valence-electron chi connectivity index (χ0n) is 23.4. The lowest BCUT2D eigenvalue weighted by Crippen LogP contribution is -2.37. The molecule has 7 heteroatoms. The van der Waals surface area contributed by atoms with Crippen molar-refractivity contribution in [2.75, 3.05) is 33.4 Å². The number of amides is 1. The monoisotopic (exact) mass is 560 g/mol. The van der Waals surface area contributed by atoms with Gasteiger partial charge in [0, 0.05) is 12.1 Å². The Balaban J connectivity index is 1.23.